The van der Waals surface area contributed by atoms with Gasteiger partial charge < -0.3 is 15.2 Å². The van der Waals surface area contributed by atoms with Gasteiger partial charge in [-0.15, -0.1) is 0 Å². The second-order valence-corrected chi connectivity index (χ2v) is 7.71. The highest BCUT2D eigenvalue weighted by molar-refractivity contribution is 5.78. The third-order valence-electron chi connectivity index (χ3n) is 5.20. The number of nitrogens with zero attached hydrogens (tertiary/aromatic N) is 4. The highest BCUT2D eigenvalue weighted by Crippen LogP contribution is 2.25. The number of rotatable bonds is 3. The van der Waals surface area contributed by atoms with Crippen molar-refractivity contribution in [3.8, 4) is 11.8 Å². The fourth-order valence-corrected chi connectivity index (χ4v) is 3.39. The molecule has 0 bridgehead atoms. The zero-order valence-electron chi connectivity index (χ0n) is 17.9. The molecule has 0 spiro atoms. The van der Waals surface area contributed by atoms with Crippen LogP contribution in [-0.4, -0.2) is 43.7 Å². The van der Waals surface area contributed by atoms with Crippen LogP contribution in [0, 0.1) is 17.8 Å². The van der Waals surface area contributed by atoms with Gasteiger partial charge in [-0.05, 0) is 29.5 Å². The molecule has 10 heteroatoms. The first-order valence-corrected chi connectivity index (χ1v) is 10.2. The third kappa shape index (κ3) is 5.26. The minimum atomic E-state index is -4.46. The van der Waals surface area contributed by atoms with E-state index >= 15 is 0 Å². The van der Waals surface area contributed by atoms with Gasteiger partial charge in [-0.2, -0.15) is 13.2 Å². The van der Waals surface area contributed by atoms with Crippen molar-refractivity contribution in [3.05, 3.63) is 72.2 Å². The molecule has 2 N–H and O–H groups in total. The van der Waals surface area contributed by atoms with Gasteiger partial charge in [0.05, 0.1) is 17.9 Å². The molecule has 1 aliphatic carbocycles. The summed E-state index contributed by atoms with van der Waals surface area (Å²) in [5.74, 6) is 6.66. The van der Waals surface area contributed by atoms with Gasteiger partial charge in [0.2, 0.25) is 0 Å². The summed E-state index contributed by atoms with van der Waals surface area (Å²) in [5, 5.41) is 4.43. The first-order chi connectivity index (χ1) is 15.7. The molecule has 0 saturated heterocycles. The second-order valence-electron chi connectivity index (χ2n) is 7.71. The van der Waals surface area contributed by atoms with Crippen LogP contribution in [0.1, 0.15) is 24.0 Å². The van der Waals surface area contributed by atoms with Crippen molar-refractivity contribution in [1.29, 1.82) is 0 Å². The lowest BCUT2D eigenvalue weighted by Gasteiger charge is -2.24. The number of halogens is 3. The fraction of sp³-hybridized carbons (Fsp3) is 0.261. The van der Waals surface area contributed by atoms with Crippen molar-refractivity contribution in [2.24, 2.45) is 13.0 Å². The summed E-state index contributed by atoms with van der Waals surface area (Å²) in [6, 6.07) is 2.38. The van der Waals surface area contributed by atoms with Crippen LogP contribution >= 0.6 is 0 Å². The van der Waals surface area contributed by atoms with Crippen LogP contribution < -0.4 is 10.6 Å². The van der Waals surface area contributed by atoms with Gasteiger partial charge in [0, 0.05) is 31.2 Å². The molecule has 3 heterocycles. The Hall–Kier alpha value is -4.00. The largest absolute Gasteiger partial charge is 0.405 e. The molecule has 4 rings (SSSR count). The van der Waals surface area contributed by atoms with E-state index in [1.165, 1.54) is 0 Å². The Kier molecular flexibility index (Phi) is 5.96. The maximum Gasteiger partial charge on any atom is 0.405 e. The zero-order chi connectivity index (χ0) is 23.6. The van der Waals surface area contributed by atoms with E-state index < -0.39 is 24.8 Å². The lowest BCUT2D eigenvalue weighted by Crippen LogP contribution is -2.46. The molecule has 170 valence electrons. The summed E-state index contributed by atoms with van der Waals surface area (Å²) in [4.78, 5) is 20.5. The van der Waals surface area contributed by atoms with Crippen molar-refractivity contribution in [2.75, 3.05) is 6.54 Å². The van der Waals surface area contributed by atoms with E-state index in [9.17, 15) is 18.0 Å². The molecular weight excluding hydrogens is 433 g/mol. The van der Waals surface area contributed by atoms with E-state index in [4.69, 9.17) is 0 Å². The fourth-order valence-electron chi connectivity index (χ4n) is 3.39. The molecule has 0 fully saturated rings. The number of alkyl halides is 3. The molecule has 2 amide bonds. The third-order valence-corrected chi connectivity index (χ3v) is 5.20. The summed E-state index contributed by atoms with van der Waals surface area (Å²) in [6.07, 6.45) is 8.23. The molecule has 0 aromatic carbocycles. The van der Waals surface area contributed by atoms with Crippen molar-refractivity contribution >= 4 is 17.3 Å². The quantitative estimate of drug-likeness (QED) is 0.597. The number of aromatic nitrogens is 4. The lowest BCUT2D eigenvalue weighted by atomic mass is 9.92. The topological polar surface area (TPSA) is 76.2 Å². The molecule has 2 atom stereocenters. The molecular formula is C23H21F3N6O. The van der Waals surface area contributed by atoms with Gasteiger partial charge >= 0.3 is 12.2 Å². The van der Waals surface area contributed by atoms with Crippen LogP contribution in [0.25, 0.3) is 11.2 Å². The first kappa shape index (κ1) is 22.2. The Balaban J connectivity index is 1.53. The molecule has 33 heavy (non-hydrogen) atoms. The maximum absolute atomic E-state index is 12.3. The van der Waals surface area contributed by atoms with Gasteiger partial charge in [-0.3, -0.25) is 4.40 Å². The summed E-state index contributed by atoms with van der Waals surface area (Å²) in [7, 11) is 1.87. The Morgan fingerprint density at radius 2 is 2.06 bits per heavy atom. The second kappa shape index (κ2) is 8.86. The van der Waals surface area contributed by atoms with Crippen LogP contribution in [0.15, 0.2) is 55.1 Å². The molecule has 0 aliphatic heterocycles. The molecule has 1 aliphatic rings. The van der Waals surface area contributed by atoms with Gasteiger partial charge in [0.1, 0.15) is 12.2 Å². The number of allylic oxidation sites excluding steroid dienone is 2. The Bertz CT molecular complexity index is 1300. The highest BCUT2D eigenvalue weighted by Gasteiger charge is 2.28. The van der Waals surface area contributed by atoms with Crippen LogP contribution in [0.2, 0.25) is 0 Å². The Labute approximate surface area is 188 Å². The van der Waals surface area contributed by atoms with E-state index in [2.05, 4.69) is 27.1 Å². The average Bonchev–Trinajstić information content (AvgIpc) is 3.37. The number of amides is 2. The minimum absolute atomic E-state index is 0.0856. The van der Waals surface area contributed by atoms with E-state index in [0.29, 0.717) is 11.5 Å². The van der Waals surface area contributed by atoms with E-state index in [0.717, 1.165) is 16.8 Å². The number of aryl methyl sites for hydroxylation is 1. The average molecular weight is 454 g/mol. The SMILES string of the molecule is CC1C=CC(c2cnc3cc(C#Cc4nccn4C)ccn23)=CC1NC(=O)NCC(F)(F)F. The molecule has 3 aromatic heterocycles. The van der Waals surface area contributed by atoms with Crippen molar-refractivity contribution < 1.29 is 18.0 Å². The first-order valence-electron chi connectivity index (χ1n) is 10.2. The summed E-state index contributed by atoms with van der Waals surface area (Å²) >= 11 is 0. The molecule has 7 nitrogen and oxygen atoms in total. The molecule has 0 radical (unpaired) electrons. The predicted molar refractivity (Wildman–Crippen MR) is 117 cm³/mol. The number of imidazole rings is 2. The van der Waals surface area contributed by atoms with Gasteiger partial charge in [0.25, 0.3) is 0 Å². The van der Waals surface area contributed by atoms with Crippen molar-refractivity contribution in [1.82, 2.24) is 29.6 Å². The molecule has 3 aromatic rings. The van der Waals surface area contributed by atoms with E-state index in [1.807, 2.05) is 71.0 Å². The maximum atomic E-state index is 12.3. The van der Waals surface area contributed by atoms with Gasteiger partial charge in [-0.1, -0.05) is 31.1 Å². The number of nitrogens with one attached hydrogen (secondary N) is 2. The van der Waals surface area contributed by atoms with E-state index in [-0.39, 0.29) is 5.92 Å². The number of carbonyl (C=O) groups is 1. The predicted octanol–water partition coefficient (Wildman–Crippen LogP) is 3.29. The van der Waals surface area contributed by atoms with Gasteiger partial charge in [0.15, 0.2) is 5.82 Å². The number of hydrogen-bond donors (Lipinski definition) is 2. The molecule has 2 unspecified atom stereocenters. The number of pyridine rings is 1. The van der Waals surface area contributed by atoms with Crippen molar-refractivity contribution in [2.45, 2.75) is 19.1 Å². The standard InChI is InChI=1S/C23H21F3N6O/c1-15-3-5-17(12-18(15)30-22(33)29-14-23(24,25)26)19-13-28-21-11-16(7-9-32(19)21)4-6-20-27-8-10-31(20)2/h3,5,7-13,15,18H,14H2,1-2H3,(H2,29,30,33). The summed E-state index contributed by atoms with van der Waals surface area (Å²) in [6.45, 7) is 0.491. The van der Waals surface area contributed by atoms with Crippen LogP contribution in [0.3, 0.4) is 0 Å². The minimum Gasteiger partial charge on any atom is -0.331 e. The molecule has 0 saturated carbocycles. The summed E-state index contributed by atoms with van der Waals surface area (Å²) in [5.41, 5.74) is 3.06. The zero-order valence-corrected chi connectivity index (χ0v) is 17.9. The Morgan fingerprint density at radius 3 is 2.79 bits per heavy atom. The smallest absolute Gasteiger partial charge is 0.331 e. The lowest BCUT2D eigenvalue weighted by molar-refractivity contribution is -0.122. The van der Waals surface area contributed by atoms with E-state index in [1.54, 1.807) is 12.4 Å². The number of urea groups is 1. The normalized spacial score (nSPS) is 17.9. The van der Waals surface area contributed by atoms with Gasteiger partial charge in [-0.25, -0.2) is 14.8 Å². The monoisotopic (exact) mass is 454 g/mol. The number of fused-ring (bicyclic) bond motifs is 1. The summed E-state index contributed by atoms with van der Waals surface area (Å²) < 4.78 is 40.8. The highest BCUT2D eigenvalue weighted by atomic mass is 19.4. The number of carbonyl (C=O) groups excluding carboxylic acids is 1. The van der Waals surface area contributed by atoms with Crippen LogP contribution in [0.5, 0.6) is 0 Å². The number of hydrogen-bond acceptors (Lipinski definition) is 3. The van der Waals surface area contributed by atoms with Crippen LogP contribution in [0.4, 0.5) is 18.0 Å². The Morgan fingerprint density at radius 1 is 1.24 bits per heavy atom. The van der Waals surface area contributed by atoms with Crippen LogP contribution in [-0.2, 0) is 7.05 Å². The van der Waals surface area contributed by atoms with Crippen molar-refractivity contribution in [3.63, 3.8) is 0 Å².